The van der Waals surface area contributed by atoms with Crippen LogP contribution in [0.15, 0.2) is 24.3 Å². The third kappa shape index (κ3) is 2.80. The van der Waals surface area contributed by atoms with E-state index < -0.39 is 0 Å². The van der Waals surface area contributed by atoms with Gasteiger partial charge in [-0.05, 0) is 18.2 Å². The molecule has 21 heavy (non-hydrogen) atoms. The molecule has 0 amide bonds. The second-order valence-electron chi connectivity index (χ2n) is 5.05. The molecule has 1 saturated heterocycles. The molecule has 2 aromatic rings. The molecular weight excluding hydrogens is 270 g/mol. The first-order chi connectivity index (χ1) is 10.2. The Kier molecular flexibility index (Phi) is 3.70. The highest BCUT2D eigenvalue weighted by molar-refractivity contribution is 5.66. The average Bonchev–Trinajstić information content (AvgIpc) is 3.10. The molecule has 112 valence electrons. The number of hydrogen-bond donors (Lipinski definition) is 1. The first kappa shape index (κ1) is 13.8. The van der Waals surface area contributed by atoms with E-state index >= 15 is 0 Å². The maximum absolute atomic E-state index is 5.92. The molecule has 0 saturated carbocycles. The quantitative estimate of drug-likeness (QED) is 0.930. The Morgan fingerprint density at radius 1 is 1.33 bits per heavy atom. The molecule has 1 fully saturated rings. The molecule has 6 heteroatoms. The number of nitrogens with zero attached hydrogens (tertiary/aromatic N) is 2. The summed E-state index contributed by atoms with van der Waals surface area (Å²) in [6.07, 6.45) is 0.997. The van der Waals surface area contributed by atoms with Crippen molar-refractivity contribution in [3.8, 4) is 22.8 Å². The summed E-state index contributed by atoms with van der Waals surface area (Å²) >= 11 is 0. The van der Waals surface area contributed by atoms with Crippen LogP contribution in [-0.2, 0) is 11.8 Å². The molecular formula is C15H19N3O3. The normalized spacial score (nSPS) is 17.9. The molecule has 1 aromatic heterocycles. The van der Waals surface area contributed by atoms with Gasteiger partial charge in [0.25, 0.3) is 0 Å². The Morgan fingerprint density at radius 2 is 2.19 bits per heavy atom. The van der Waals surface area contributed by atoms with Gasteiger partial charge in [-0.15, -0.1) is 0 Å². The SMILES string of the molecule is COc1cc(-c2cc(N)n(C)n2)ccc1OC1CCOC1. The summed E-state index contributed by atoms with van der Waals surface area (Å²) in [5, 5.41) is 4.36. The number of anilines is 1. The van der Waals surface area contributed by atoms with Crippen LogP contribution < -0.4 is 15.2 Å². The van der Waals surface area contributed by atoms with Crippen molar-refractivity contribution in [3.63, 3.8) is 0 Å². The lowest BCUT2D eigenvalue weighted by molar-refractivity contribution is 0.138. The highest BCUT2D eigenvalue weighted by atomic mass is 16.6. The highest BCUT2D eigenvalue weighted by Crippen LogP contribution is 2.33. The number of nitrogen functional groups attached to an aromatic ring is 1. The first-order valence-corrected chi connectivity index (χ1v) is 6.89. The molecule has 2 N–H and O–H groups in total. The van der Waals surface area contributed by atoms with Crippen molar-refractivity contribution < 1.29 is 14.2 Å². The van der Waals surface area contributed by atoms with Crippen molar-refractivity contribution in [3.05, 3.63) is 24.3 Å². The van der Waals surface area contributed by atoms with E-state index in [1.807, 2.05) is 31.3 Å². The number of aromatic nitrogens is 2. The number of aryl methyl sites for hydroxylation is 1. The monoisotopic (exact) mass is 289 g/mol. The zero-order chi connectivity index (χ0) is 14.8. The van der Waals surface area contributed by atoms with Crippen LogP contribution in [0.2, 0.25) is 0 Å². The van der Waals surface area contributed by atoms with Gasteiger partial charge in [-0.1, -0.05) is 0 Å². The number of rotatable bonds is 4. The number of methoxy groups -OCH3 is 1. The van der Waals surface area contributed by atoms with Crippen LogP contribution in [0.5, 0.6) is 11.5 Å². The Labute approximate surface area is 123 Å². The van der Waals surface area contributed by atoms with Crippen molar-refractivity contribution >= 4 is 5.82 Å². The molecule has 1 aliphatic heterocycles. The molecule has 1 unspecified atom stereocenters. The molecule has 1 atom stereocenters. The van der Waals surface area contributed by atoms with E-state index in [-0.39, 0.29) is 6.10 Å². The van der Waals surface area contributed by atoms with Gasteiger partial charge >= 0.3 is 0 Å². The van der Waals surface area contributed by atoms with E-state index in [0.29, 0.717) is 18.2 Å². The lowest BCUT2D eigenvalue weighted by Gasteiger charge is -2.15. The Hall–Kier alpha value is -2.21. The molecule has 0 spiro atoms. The minimum absolute atomic E-state index is 0.0928. The van der Waals surface area contributed by atoms with Crippen molar-refractivity contribution in [1.82, 2.24) is 9.78 Å². The summed E-state index contributed by atoms with van der Waals surface area (Å²) < 4.78 is 18.3. The second-order valence-corrected chi connectivity index (χ2v) is 5.05. The molecule has 1 aromatic carbocycles. The van der Waals surface area contributed by atoms with Gasteiger partial charge in [0, 0.05) is 25.1 Å². The summed E-state index contributed by atoms with van der Waals surface area (Å²) in [6, 6.07) is 7.60. The van der Waals surface area contributed by atoms with Gasteiger partial charge in [0.05, 0.1) is 26.0 Å². The van der Waals surface area contributed by atoms with Gasteiger partial charge in [0.2, 0.25) is 0 Å². The number of hydrogen-bond acceptors (Lipinski definition) is 5. The van der Waals surface area contributed by atoms with E-state index in [4.69, 9.17) is 19.9 Å². The molecule has 0 aliphatic carbocycles. The summed E-state index contributed by atoms with van der Waals surface area (Å²) in [7, 11) is 3.44. The van der Waals surface area contributed by atoms with Crippen molar-refractivity contribution in [1.29, 1.82) is 0 Å². The maximum Gasteiger partial charge on any atom is 0.161 e. The van der Waals surface area contributed by atoms with Crippen LogP contribution in [0.25, 0.3) is 11.3 Å². The number of ether oxygens (including phenoxy) is 3. The van der Waals surface area contributed by atoms with Crippen LogP contribution in [-0.4, -0.2) is 36.2 Å². The van der Waals surface area contributed by atoms with Crippen LogP contribution >= 0.6 is 0 Å². The Balaban J connectivity index is 1.87. The van der Waals surface area contributed by atoms with E-state index in [2.05, 4.69) is 5.10 Å². The minimum atomic E-state index is 0.0928. The Bertz CT molecular complexity index is 614. The van der Waals surface area contributed by atoms with E-state index in [1.54, 1.807) is 11.8 Å². The third-order valence-corrected chi connectivity index (χ3v) is 3.56. The summed E-state index contributed by atoms with van der Waals surface area (Å²) in [4.78, 5) is 0. The summed E-state index contributed by atoms with van der Waals surface area (Å²) in [5.41, 5.74) is 7.57. The standard InChI is InChI=1S/C15H19N3O3/c1-18-15(16)8-12(17-18)10-3-4-13(14(7-10)19-2)21-11-5-6-20-9-11/h3-4,7-8,11H,5-6,9,16H2,1-2H3. The fraction of sp³-hybridized carbons (Fsp3) is 0.400. The molecule has 6 nitrogen and oxygen atoms in total. The Morgan fingerprint density at radius 3 is 2.81 bits per heavy atom. The van der Waals surface area contributed by atoms with Gasteiger partial charge in [-0.25, -0.2) is 0 Å². The van der Waals surface area contributed by atoms with Crippen molar-refractivity contribution in [2.24, 2.45) is 7.05 Å². The van der Waals surface area contributed by atoms with Crippen molar-refractivity contribution in [2.45, 2.75) is 12.5 Å². The van der Waals surface area contributed by atoms with E-state index in [0.717, 1.165) is 30.0 Å². The average molecular weight is 289 g/mol. The highest BCUT2D eigenvalue weighted by Gasteiger charge is 2.19. The van der Waals surface area contributed by atoms with Crippen LogP contribution in [0.1, 0.15) is 6.42 Å². The first-order valence-electron chi connectivity index (χ1n) is 6.89. The minimum Gasteiger partial charge on any atom is -0.493 e. The lowest BCUT2D eigenvalue weighted by atomic mass is 10.1. The predicted molar refractivity (Wildman–Crippen MR) is 79.5 cm³/mol. The van der Waals surface area contributed by atoms with Crippen LogP contribution in [0.4, 0.5) is 5.82 Å². The van der Waals surface area contributed by atoms with Crippen LogP contribution in [0.3, 0.4) is 0 Å². The summed E-state index contributed by atoms with van der Waals surface area (Å²) in [6.45, 7) is 1.37. The smallest absolute Gasteiger partial charge is 0.161 e. The van der Waals surface area contributed by atoms with Gasteiger partial charge in [0.1, 0.15) is 11.9 Å². The summed E-state index contributed by atoms with van der Waals surface area (Å²) in [5.74, 6) is 2.02. The van der Waals surface area contributed by atoms with Crippen LogP contribution in [0, 0.1) is 0 Å². The number of nitrogens with two attached hydrogens (primary N) is 1. The third-order valence-electron chi connectivity index (χ3n) is 3.56. The maximum atomic E-state index is 5.92. The molecule has 1 aliphatic rings. The fourth-order valence-corrected chi connectivity index (χ4v) is 2.33. The van der Waals surface area contributed by atoms with Gasteiger partial charge < -0.3 is 19.9 Å². The van der Waals surface area contributed by atoms with Gasteiger partial charge in [0.15, 0.2) is 11.5 Å². The van der Waals surface area contributed by atoms with Crippen molar-refractivity contribution in [2.75, 3.05) is 26.1 Å². The molecule has 0 radical (unpaired) electrons. The van der Waals surface area contributed by atoms with Gasteiger partial charge in [-0.2, -0.15) is 5.10 Å². The zero-order valence-electron chi connectivity index (χ0n) is 12.2. The number of benzene rings is 1. The second kappa shape index (κ2) is 5.65. The topological polar surface area (TPSA) is 71.5 Å². The van der Waals surface area contributed by atoms with E-state index in [9.17, 15) is 0 Å². The molecule has 0 bridgehead atoms. The molecule has 3 rings (SSSR count). The lowest BCUT2D eigenvalue weighted by Crippen LogP contribution is -2.16. The van der Waals surface area contributed by atoms with Gasteiger partial charge in [-0.3, -0.25) is 4.68 Å². The largest absolute Gasteiger partial charge is 0.493 e. The predicted octanol–water partition coefficient (Wildman–Crippen LogP) is 1.85. The fourth-order valence-electron chi connectivity index (χ4n) is 2.33. The molecule has 2 heterocycles. The zero-order valence-corrected chi connectivity index (χ0v) is 12.2. The van der Waals surface area contributed by atoms with E-state index in [1.165, 1.54) is 0 Å².